The molecule has 0 spiro atoms. The van der Waals surface area contributed by atoms with Crippen LogP contribution in [0.4, 0.5) is 5.69 Å². The van der Waals surface area contributed by atoms with E-state index in [4.69, 9.17) is 9.47 Å². The number of rotatable bonds is 8. The third kappa shape index (κ3) is 5.63. The summed E-state index contributed by atoms with van der Waals surface area (Å²) in [6.07, 6.45) is 4.71. The van der Waals surface area contributed by atoms with E-state index in [0.29, 0.717) is 23.1 Å². The van der Waals surface area contributed by atoms with Gasteiger partial charge in [0.05, 0.1) is 19.9 Å². The molecule has 2 N–H and O–H groups in total. The number of hydrogen-bond donors (Lipinski definition) is 2. The van der Waals surface area contributed by atoms with Crippen LogP contribution in [0.3, 0.4) is 0 Å². The van der Waals surface area contributed by atoms with Crippen LogP contribution in [0.5, 0.6) is 11.5 Å². The highest BCUT2D eigenvalue weighted by Gasteiger charge is 2.31. The zero-order valence-electron chi connectivity index (χ0n) is 17.7. The fourth-order valence-electron chi connectivity index (χ4n) is 3.62. The van der Waals surface area contributed by atoms with Crippen molar-refractivity contribution in [1.82, 2.24) is 5.32 Å². The molecule has 6 heteroatoms. The lowest BCUT2D eigenvalue weighted by Crippen LogP contribution is -2.49. The molecule has 0 unspecified atom stereocenters. The summed E-state index contributed by atoms with van der Waals surface area (Å²) in [6.45, 7) is 6.23. The Bertz CT molecular complexity index is 669. The van der Waals surface area contributed by atoms with Gasteiger partial charge < -0.3 is 20.1 Å². The molecule has 0 aliphatic heterocycles. The van der Waals surface area contributed by atoms with Crippen LogP contribution in [0.1, 0.15) is 52.9 Å². The normalized spacial score (nSPS) is 21.3. The van der Waals surface area contributed by atoms with Crippen molar-refractivity contribution >= 4 is 17.5 Å². The van der Waals surface area contributed by atoms with Gasteiger partial charge in [0.2, 0.25) is 11.8 Å². The van der Waals surface area contributed by atoms with Gasteiger partial charge in [-0.05, 0) is 49.7 Å². The molecule has 1 aromatic carbocycles. The second-order valence-corrected chi connectivity index (χ2v) is 7.88. The van der Waals surface area contributed by atoms with E-state index in [2.05, 4.69) is 17.6 Å². The third-order valence-corrected chi connectivity index (χ3v) is 5.84. The molecule has 1 aromatic rings. The summed E-state index contributed by atoms with van der Waals surface area (Å²) in [5.41, 5.74) is 0.529. The van der Waals surface area contributed by atoms with E-state index >= 15 is 0 Å². The maximum Gasteiger partial charge on any atom is 0.247 e. The van der Waals surface area contributed by atoms with E-state index in [1.807, 2.05) is 13.8 Å². The van der Waals surface area contributed by atoms with Crippen molar-refractivity contribution in [2.24, 2.45) is 17.8 Å². The molecule has 0 aromatic heterocycles. The molecule has 28 heavy (non-hydrogen) atoms. The van der Waals surface area contributed by atoms with E-state index < -0.39 is 6.04 Å². The minimum atomic E-state index is -0.590. The quantitative estimate of drug-likeness (QED) is 0.703. The van der Waals surface area contributed by atoms with Gasteiger partial charge in [-0.1, -0.05) is 27.2 Å². The second kappa shape index (κ2) is 10.3. The van der Waals surface area contributed by atoms with E-state index in [0.717, 1.165) is 32.1 Å². The molecule has 1 saturated carbocycles. The molecule has 0 heterocycles. The van der Waals surface area contributed by atoms with Gasteiger partial charge in [0.25, 0.3) is 0 Å². The van der Waals surface area contributed by atoms with Crippen LogP contribution in [-0.4, -0.2) is 32.1 Å². The first-order valence-corrected chi connectivity index (χ1v) is 10.2. The molecule has 2 atom stereocenters. The Kier molecular flexibility index (Phi) is 8.15. The van der Waals surface area contributed by atoms with Crippen LogP contribution in [0, 0.1) is 17.8 Å². The summed E-state index contributed by atoms with van der Waals surface area (Å²) in [7, 11) is 3.12. The van der Waals surface area contributed by atoms with E-state index in [1.54, 1.807) is 32.4 Å². The summed E-state index contributed by atoms with van der Waals surface area (Å²) in [4.78, 5) is 25.8. The molecule has 2 amide bonds. The van der Waals surface area contributed by atoms with Crippen LogP contribution >= 0.6 is 0 Å². The molecule has 6 nitrogen and oxygen atoms in total. The highest BCUT2D eigenvalue weighted by molar-refractivity contribution is 5.98. The number of nitrogens with one attached hydrogen (secondary N) is 2. The summed E-state index contributed by atoms with van der Waals surface area (Å²) in [6, 6.07) is 4.64. The molecule has 0 saturated heterocycles. The van der Waals surface area contributed by atoms with Crippen molar-refractivity contribution in [2.45, 2.75) is 58.9 Å². The summed E-state index contributed by atoms with van der Waals surface area (Å²) in [5, 5.41) is 5.92. The summed E-state index contributed by atoms with van der Waals surface area (Å²) in [5.74, 6) is 1.62. The largest absolute Gasteiger partial charge is 0.497 e. The van der Waals surface area contributed by atoms with Crippen molar-refractivity contribution in [3.63, 3.8) is 0 Å². The van der Waals surface area contributed by atoms with Crippen LogP contribution in [0.15, 0.2) is 18.2 Å². The highest BCUT2D eigenvalue weighted by atomic mass is 16.5. The first kappa shape index (κ1) is 22.1. The zero-order valence-corrected chi connectivity index (χ0v) is 17.7. The molecule has 0 bridgehead atoms. The van der Waals surface area contributed by atoms with Crippen molar-refractivity contribution in [2.75, 3.05) is 19.5 Å². The minimum Gasteiger partial charge on any atom is -0.497 e. The Hall–Kier alpha value is -2.24. The predicted molar refractivity (Wildman–Crippen MR) is 111 cm³/mol. The number of methoxy groups -OCH3 is 2. The molecule has 0 radical (unpaired) electrons. The summed E-state index contributed by atoms with van der Waals surface area (Å²) < 4.78 is 10.6. The van der Waals surface area contributed by atoms with E-state index in [1.165, 1.54) is 0 Å². The van der Waals surface area contributed by atoms with Gasteiger partial charge in [-0.25, -0.2) is 0 Å². The molecule has 156 valence electrons. The molecule has 1 aliphatic carbocycles. The Morgan fingerprint density at radius 2 is 1.82 bits per heavy atom. The fraction of sp³-hybridized carbons (Fsp3) is 0.636. The first-order chi connectivity index (χ1) is 13.4. The third-order valence-electron chi connectivity index (χ3n) is 5.84. The SMILES string of the molecule is CC[C@@H](C)[C@@H](NC(=O)C1CCC(C)CC1)C(=O)Nc1cc(OC)ccc1OC. The fourth-order valence-corrected chi connectivity index (χ4v) is 3.62. The number of carbonyl (C=O) groups excluding carboxylic acids is 2. The second-order valence-electron chi connectivity index (χ2n) is 7.88. The van der Waals surface area contributed by atoms with Gasteiger partial charge in [0.1, 0.15) is 17.5 Å². The van der Waals surface area contributed by atoms with Crippen molar-refractivity contribution < 1.29 is 19.1 Å². The minimum absolute atomic E-state index is 0.00177. The van der Waals surface area contributed by atoms with Gasteiger partial charge >= 0.3 is 0 Å². The Morgan fingerprint density at radius 3 is 2.39 bits per heavy atom. The summed E-state index contributed by atoms with van der Waals surface area (Å²) >= 11 is 0. The molecule has 1 fully saturated rings. The molecule has 2 rings (SSSR count). The molecular weight excluding hydrogens is 356 g/mol. The topological polar surface area (TPSA) is 76.7 Å². The smallest absolute Gasteiger partial charge is 0.247 e. The lowest BCUT2D eigenvalue weighted by atomic mass is 9.82. The van der Waals surface area contributed by atoms with Crippen LogP contribution in [0.25, 0.3) is 0 Å². The maximum absolute atomic E-state index is 13.0. The lowest BCUT2D eigenvalue weighted by molar-refractivity contribution is -0.131. The van der Waals surface area contributed by atoms with Gasteiger partial charge in [-0.15, -0.1) is 0 Å². The average Bonchev–Trinajstić information content (AvgIpc) is 2.71. The first-order valence-electron chi connectivity index (χ1n) is 10.2. The van der Waals surface area contributed by atoms with Gasteiger partial charge in [-0.3, -0.25) is 9.59 Å². The van der Waals surface area contributed by atoms with Crippen molar-refractivity contribution in [3.05, 3.63) is 18.2 Å². The molecule has 1 aliphatic rings. The van der Waals surface area contributed by atoms with E-state index in [9.17, 15) is 9.59 Å². The van der Waals surface area contributed by atoms with Gasteiger partial charge in [0.15, 0.2) is 0 Å². The number of hydrogen-bond acceptors (Lipinski definition) is 4. The van der Waals surface area contributed by atoms with Gasteiger partial charge in [0, 0.05) is 12.0 Å². The maximum atomic E-state index is 13.0. The van der Waals surface area contributed by atoms with Crippen LogP contribution in [-0.2, 0) is 9.59 Å². The standard InChI is InChI=1S/C22H34N2O4/c1-6-15(3)20(24-21(25)16-9-7-14(2)8-10-16)22(26)23-18-13-17(27-4)11-12-19(18)28-5/h11-16,20H,6-10H2,1-5H3,(H,23,26)(H,24,25)/t14?,15-,16?,20-/m1/s1. The van der Waals surface area contributed by atoms with Crippen LogP contribution in [0.2, 0.25) is 0 Å². The number of benzene rings is 1. The predicted octanol–water partition coefficient (Wildman–Crippen LogP) is 4.00. The Morgan fingerprint density at radius 1 is 1.14 bits per heavy atom. The molecular formula is C22H34N2O4. The number of amides is 2. The monoisotopic (exact) mass is 390 g/mol. The van der Waals surface area contributed by atoms with Gasteiger partial charge in [-0.2, -0.15) is 0 Å². The Balaban J connectivity index is 2.12. The van der Waals surface area contributed by atoms with E-state index in [-0.39, 0.29) is 23.7 Å². The lowest BCUT2D eigenvalue weighted by Gasteiger charge is -2.29. The van der Waals surface area contributed by atoms with Crippen LogP contribution < -0.4 is 20.1 Å². The Labute approximate surface area is 168 Å². The number of anilines is 1. The van der Waals surface area contributed by atoms with Crippen molar-refractivity contribution in [3.8, 4) is 11.5 Å². The highest BCUT2D eigenvalue weighted by Crippen LogP contribution is 2.30. The zero-order chi connectivity index (χ0) is 20.7. The van der Waals surface area contributed by atoms with Crippen molar-refractivity contribution in [1.29, 1.82) is 0 Å². The number of ether oxygens (including phenoxy) is 2. The average molecular weight is 391 g/mol. The number of carbonyl (C=O) groups is 2.